The normalized spacial score (nSPS) is 11.6. The summed E-state index contributed by atoms with van der Waals surface area (Å²) < 4.78 is 0. The number of hydrogen-bond acceptors (Lipinski definition) is 4. The average molecular weight is 266 g/mol. The van der Waals surface area contributed by atoms with Crippen LogP contribution in [0.3, 0.4) is 0 Å². The van der Waals surface area contributed by atoms with Gasteiger partial charge in [-0.1, -0.05) is 30.3 Å². The van der Waals surface area contributed by atoms with Crippen molar-refractivity contribution in [3.63, 3.8) is 0 Å². The highest BCUT2D eigenvalue weighted by atomic mass is 16.4. The molecular weight excluding hydrogens is 252 g/mol. The van der Waals surface area contributed by atoms with Crippen LogP contribution in [0.4, 0.5) is 0 Å². The average Bonchev–Trinajstić information content (AvgIpc) is 2.36. The lowest BCUT2D eigenvalue weighted by molar-refractivity contribution is -0.149. The Morgan fingerprint density at radius 1 is 1.05 bits per heavy atom. The quantitative estimate of drug-likeness (QED) is 0.649. The van der Waals surface area contributed by atoms with Crippen LogP contribution >= 0.6 is 0 Å². The van der Waals surface area contributed by atoms with E-state index in [1.54, 1.807) is 30.3 Å². The number of carbonyl (C=O) groups is 3. The van der Waals surface area contributed by atoms with Crippen molar-refractivity contribution >= 4 is 17.8 Å². The summed E-state index contributed by atoms with van der Waals surface area (Å²) in [7, 11) is 0. The lowest BCUT2D eigenvalue weighted by atomic mass is 10.1. The third kappa shape index (κ3) is 4.40. The van der Waals surface area contributed by atoms with Gasteiger partial charge in [0.25, 0.3) is 0 Å². The molecule has 1 atom stereocenters. The number of hydrogen-bond donors (Lipinski definition) is 3. The lowest BCUT2D eigenvalue weighted by Crippen LogP contribution is -2.44. The van der Waals surface area contributed by atoms with Crippen LogP contribution in [-0.2, 0) is 14.4 Å². The molecule has 7 nitrogen and oxygen atoms in total. The van der Waals surface area contributed by atoms with Gasteiger partial charge in [-0.3, -0.25) is 14.4 Å². The van der Waals surface area contributed by atoms with E-state index in [1.165, 1.54) is 0 Å². The van der Waals surface area contributed by atoms with E-state index in [-0.39, 0.29) is 0 Å². The number of nitrogens with two attached hydrogens (primary N) is 1. The number of amides is 1. The summed E-state index contributed by atoms with van der Waals surface area (Å²) in [5.74, 6) is -3.33. The second-order valence-corrected chi connectivity index (χ2v) is 3.87. The predicted octanol–water partition coefficient (Wildman–Crippen LogP) is -0.316. The van der Waals surface area contributed by atoms with Gasteiger partial charge in [0.2, 0.25) is 5.91 Å². The van der Waals surface area contributed by atoms with E-state index >= 15 is 0 Å². The zero-order valence-corrected chi connectivity index (χ0v) is 10.0. The van der Waals surface area contributed by atoms with E-state index in [9.17, 15) is 14.4 Å². The number of nitrogens with zero attached hydrogens (tertiary/aromatic N) is 1. The Bertz CT molecular complexity index is 458. The number of carboxylic acid groups (broad SMARTS) is 2. The summed E-state index contributed by atoms with van der Waals surface area (Å²) >= 11 is 0. The van der Waals surface area contributed by atoms with Crippen molar-refractivity contribution < 1.29 is 24.6 Å². The zero-order valence-electron chi connectivity index (χ0n) is 10.0. The summed E-state index contributed by atoms with van der Waals surface area (Å²) in [5.41, 5.74) is 6.21. The van der Waals surface area contributed by atoms with Crippen LogP contribution in [-0.4, -0.2) is 46.0 Å². The molecule has 0 aromatic heterocycles. The molecule has 0 saturated carbocycles. The largest absolute Gasteiger partial charge is 0.480 e. The molecule has 19 heavy (non-hydrogen) atoms. The smallest absolute Gasteiger partial charge is 0.323 e. The van der Waals surface area contributed by atoms with Crippen molar-refractivity contribution in [2.75, 3.05) is 13.1 Å². The first-order valence-corrected chi connectivity index (χ1v) is 5.44. The van der Waals surface area contributed by atoms with Crippen molar-refractivity contribution in [3.05, 3.63) is 35.9 Å². The summed E-state index contributed by atoms with van der Waals surface area (Å²) in [6, 6.07) is 7.25. The maximum absolute atomic E-state index is 12.0. The minimum Gasteiger partial charge on any atom is -0.480 e. The van der Waals surface area contributed by atoms with Crippen molar-refractivity contribution in [3.8, 4) is 0 Å². The van der Waals surface area contributed by atoms with Crippen LogP contribution in [0.25, 0.3) is 0 Å². The first kappa shape index (κ1) is 14.7. The maximum Gasteiger partial charge on any atom is 0.323 e. The zero-order chi connectivity index (χ0) is 14.4. The highest BCUT2D eigenvalue weighted by Gasteiger charge is 2.25. The number of carbonyl (C=O) groups excluding carboxylic acids is 1. The van der Waals surface area contributed by atoms with Crippen molar-refractivity contribution in [1.82, 2.24) is 4.90 Å². The molecule has 0 radical (unpaired) electrons. The first-order valence-electron chi connectivity index (χ1n) is 5.44. The molecule has 0 aliphatic carbocycles. The summed E-state index contributed by atoms with van der Waals surface area (Å²) in [6.45, 7) is -1.41. The molecule has 102 valence electrons. The fourth-order valence-electron chi connectivity index (χ4n) is 1.54. The maximum atomic E-state index is 12.0. The van der Waals surface area contributed by atoms with Gasteiger partial charge >= 0.3 is 11.9 Å². The van der Waals surface area contributed by atoms with E-state index in [2.05, 4.69) is 0 Å². The molecule has 1 amide bonds. The first-order chi connectivity index (χ1) is 8.91. The van der Waals surface area contributed by atoms with Gasteiger partial charge in [0.05, 0.1) is 0 Å². The van der Waals surface area contributed by atoms with Gasteiger partial charge in [-0.2, -0.15) is 0 Å². The van der Waals surface area contributed by atoms with Crippen molar-refractivity contribution in [1.29, 1.82) is 0 Å². The highest BCUT2D eigenvalue weighted by molar-refractivity contribution is 5.89. The van der Waals surface area contributed by atoms with Gasteiger partial charge in [-0.25, -0.2) is 0 Å². The number of benzene rings is 1. The van der Waals surface area contributed by atoms with Gasteiger partial charge in [-0.15, -0.1) is 0 Å². The number of aliphatic carboxylic acids is 2. The van der Waals surface area contributed by atoms with Gasteiger partial charge in [-0.05, 0) is 5.56 Å². The van der Waals surface area contributed by atoms with Crippen molar-refractivity contribution in [2.45, 2.75) is 6.04 Å². The highest BCUT2D eigenvalue weighted by Crippen LogP contribution is 2.12. The van der Waals surface area contributed by atoms with Crippen LogP contribution < -0.4 is 5.73 Å². The Kier molecular flexibility index (Phi) is 5.01. The molecule has 0 unspecified atom stereocenters. The predicted molar refractivity (Wildman–Crippen MR) is 65.2 cm³/mol. The topological polar surface area (TPSA) is 121 Å². The second kappa shape index (κ2) is 6.50. The van der Waals surface area contributed by atoms with Crippen LogP contribution in [0.2, 0.25) is 0 Å². The summed E-state index contributed by atoms with van der Waals surface area (Å²) in [6.07, 6.45) is 0. The molecule has 0 saturated heterocycles. The molecule has 0 aliphatic rings. The molecule has 1 rings (SSSR count). The molecule has 0 spiro atoms. The van der Waals surface area contributed by atoms with Gasteiger partial charge < -0.3 is 20.8 Å². The third-order valence-electron chi connectivity index (χ3n) is 2.39. The minimum absolute atomic E-state index is 0.494. The molecule has 1 aromatic carbocycles. The minimum atomic E-state index is -1.30. The Labute approximate surface area is 109 Å². The van der Waals surface area contributed by atoms with Crippen LogP contribution in [0.1, 0.15) is 11.6 Å². The summed E-state index contributed by atoms with van der Waals surface area (Å²) in [4.78, 5) is 33.9. The fraction of sp³-hybridized carbons (Fsp3) is 0.250. The molecule has 0 heterocycles. The Morgan fingerprint density at radius 2 is 1.53 bits per heavy atom. The SMILES string of the molecule is N[C@@H](C(=O)N(CC(=O)O)CC(=O)O)c1ccccc1. The third-order valence-corrected chi connectivity index (χ3v) is 2.39. The Hall–Kier alpha value is -2.41. The lowest BCUT2D eigenvalue weighted by Gasteiger charge is -2.22. The monoisotopic (exact) mass is 266 g/mol. The molecule has 7 heteroatoms. The molecule has 4 N–H and O–H groups in total. The van der Waals surface area contributed by atoms with E-state index in [0.29, 0.717) is 10.5 Å². The van der Waals surface area contributed by atoms with E-state index in [0.717, 1.165) is 0 Å². The summed E-state index contributed by atoms with van der Waals surface area (Å²) in [5, 5.41) is 17.3. The van der Waals surface area contributed by atoms with Gasteiger partial charge in [0.1, 0.15) is 19.1 Å². The Morgan fingerprint density at radius 3 is 1.95 bits per heavy atom. The van der Waals surface area contributed by atoms with Crippen LogP contribution in [0.15, 0.2) is 30.3 Å². The second-order valence-electron chi connectivity index (χ2n) is 3.87. The van der Waals surface area contributed by atoms with Crippen LogP contribution in [0, 0.1) is 0 Å². The van der Waals surface area contributed by atoms with Crippen molar-refractivity contribution in [2.24, 2.45) is 5.73 Å². The van der Waals surface area contributed by atoms with E-state index in [4.69, 9.17) is 15.9 Å². The van der Waals surface area contributed by atoms with Gasteiger partial charge in [0, 0.05) is 0 Å². The van der Waals surface area contributed by atoms with E-state index in [1.807, 2.05) is 0 Å². The molecule has 0 bridgehead atoms. The Balaban J connectivity index is 2.86. The molecule has 0 aliphatic heterocycles. The fourth-order valence-corrected chi connectivity index (χ4v) is 1.54. The van der Waals surface area contributed by atoms with E-state index < -0.39 is 37.0 Å². The molecule has 0 fully saturated rings. The molecule has 1 aromatic rings. The standard InChI is InChI=1S/C12H14N2O5/c13-11(8-4-2-1-3-5-8)12(19)14(6-9(15)16)7-10(17)18/h1-5,11H,6-7,13H2,(H,15,16)(H,17,18)/t11-/m1/s1. The van der Waals surface area contributed by atoms with Gasteiger partial charge in [0.15, 0.2) is 0 Å². The number of rotatable bonds is 6. The van der Waals surface area contributed by atoms with Crippen LogP contribution in [0.5, 0.6) is 0 Å². The number of carboxylic acids is 2. The molecular formula is C12H14N2O5.